The van der Waals surface area contributed by atoms with E-state index in [-0.39, 0.29) is 24.2 Å². The summed E-state index contributed by atoms with van der Waals surface area (Å²) in [6, 6.07) is 0. The SMILES string of the molecule is C/C=C(/C)C(=O)O[C@H]1[C@@H](O)[C@@H]2O[C@]2(C)[C@@H](OC(=O)/C(C)=C\C)[C@@H](OC(=O)[C@H](C)CC)[C@@H]([C@]2(C)CO2)C[C@@H](OC(C)=O)[C@]1(C)O. The Balaban J connectivity index is 2.26. The predicted octanol–water partition coefficient (Wildman–Crippen LogP) is 2.71. The van der Waals surface area contributed by atoms with Crippen LogP contribution in [0.4, 0.5) is 0 Å². The van der Waals surface area contributed by atoms with E-state index in [0.717, 1.165) is 6.92 Å². The fourth-order valence-corrected chi connectivity index (χ4v) is 5.58. The van der Waals surface area contributed by atoms with Crippen molar-refractivity contribution in [1.82, 2.24) is 0 Å². The van der Waals surface area contributed by atoms with Crippen LogP contribution in [0.5, 0.6) is 0 Å². The van der Waals surface area contributed by atoms with Gasteiger partial charge in [-0.25, -0.2) is 9.59 Å². The Kier molecular flexibility index (Phi) is 10.8. The highest BCUT2D eigenvalue weighted by Crippen LogP contribution is 2.53. The fourth-order valence-electron chi connectivity index (χ4n) is 5.58. The average molecular weight is 625 g/mol. The monoisotopic (exact) mass is 624 g/mol. The molecular formula is C32H48O12. The summed E-state index contributed by atoms with van der Waals surface area (Å²) in [7, 11) is 0. The number of rotatable bonds is 9. The van der Waals surface area contributed by atoms with Crippen LogP contribution in [-0.4, -0.2) is 94.1 Å². The smallest absolute Gasteiger partial charge is 0.333 e. The fraction of sp³-hybridized carbons (Fsp3) is 0.750. The number of epoxide rings is 2. The molecule has 12 heteroatoms. The van der Waals surface area contributed by atoms with Crippen molar-refractivity contribution in [3.8, 4) is 0 Å². The maximum atomic E-state index is 13.3. The Bertz CT molecular complexity index is 1180. The van der Waals surface area contributed by atoms with Crippen molar-refractivity contribution in [2.24, 2.45) is 11.8 Å². The van der Waals surface area contributed by atoms with Crippen LogP contribution in [0.15, 0.2) is 23.3 Å². The van der Waals surface area contributed by atoms with Gasteiger partial charge in [0.05, 0.1) is 18.1 Å². The number of aliphatic hydroxyl groups excluding tert-OH is 1. The first-order chi connectivity index (χ1) is 20.4. The van der Waals surface area contributed by atoms with E-state index in [0.29, 0.717) is 6.42 Å². The van der Waals surface area contributed by atoms with Crippen molar-refractivity contribution >= 4 is 23.9 Å². The zero-order valence-electron chi connectivity index (χ0n) is 27.4. The summed E-state index contributed by atoms with van der Waals surface area (Å²) in [5.74, 6) is -4.13. The topological polar surface area (TPSA) is 171 Å². The zero-order valence-corrected chi connectivity index (χ0v) is 27.4. The van der Waals surface area contributed by atoms with Gasteiger partial charge in [0.15, 0.2) is 12.2 Å². The number of carbonyl (C=O) groups excluding carboxylic acids is 4. The molecular weight excluding hydrogens is 576 g/mol. The standard InChI is InChI=1S/C32H48O12/c1-11-16(4)27(35)41-23-20(30(8)15-39-30)14-21(40-19(7)33)31(9,38)24(42-28(36)17(5)12-2)22(34)25-32(10,44-25)26(23)43-29(37)18(6)13-3/h12-13,16,20-26,34,38H,11,14-15H2,1-10H3/b17-12-,18-13-/t16-,20+,21-,22-,23+,24+,25+,26+,30+,31+,32+/m1/s1. The molecule has 0 aromatic heterocycles. The van der Waals surface area contributed by atoms with Crippen LogP contribution in [0.25, 0.3) is 0 Å². The Morgan fingerprint density at radius 2 is 1.45 bits per heavy atom. The van der Waals surface area contributed by atoms with E-state index in [1.54, 1.807) is 47.6 Å². The molecule has 11 atom stereocenters. The summed E-state index contributed by atoms with van der Waals surface area (Å²) < 4.78 is 35.4. The number of hydrogen-bond donors (Lipinski definition) is 2. The number of fused-ring (bicyclic) bond motifs is 1. The molecule has 3 rings (SSSR count). The van der Waals surface area contributed by atoms with Gasteiger partial charge < -0.3 is 38.6 Å². The molecule has 3 aliphatic rings. The number of ether oxygens (including phenoxy) is 6. The molecule has 0 radical (unpaired) electrons. The number of aliphatic hydroxyl groups is 2. The second kappa shape index (κ2) is 13.3. The summed E-state index contributed by atoms with van der Waals surface area (Å²) in [4.78, 5) is 51.9. The molecule has 2 saturated heterocycles. The maximum Gasteiger partial charge on any atom is 0.333 e. The molecule has 0 aromatic carbocycles. The first-order valence-electron chi connectivity index (χ1n) is 15.2. The molecule has 0 unspecified atom stereocenters. The molecule has 44 heavy (non-hydrogen) atoms. The van der Waals surface area contributed by atoms with Gasteiger partial charge in [0, 0.05) is 24.0 Å². The van der Waals surface area contributed by atoms with Gasteiger partial charge in [-0.1, -0.05) is 26.0 Å². The first kappa shape index (κ1) is 35.7. The lowest BCUT2D eigenvalue weighted by Gasteiger charge is -2.45. The molecule has 0 aromatic rings. The van der Waals surface area contributed by atoms with Crippen molar-refractivity contribution in [3.05, 3.63) is 23.3 Å². The summed E-state index contributed by atoms with van der Waals surface area (Å²) in [5.41, 5.74) is -4.05. The third-order valence-electron chi connectivity index (χ3n) is 9.40. The molecule has 12 nitrogen and oxygen atoms in total. The van der Waals surface area contributed by atoms with Crippen LogP contribution in [-0.2, 0) is 47.6 Å². The van der Waals surface area contributed by atoms with Crippen LogP contribution in [0, 0.1) is 11.8 Å². The van der Waals surface area contributed by atoms with Crippen molar-refractivity contribution in [2.45, 2.75) is 136 Å². The molecule has 0 bridgehead atoms. The Morgan fingerprint density at radius 1 is 0.932 bits per heavy atom. The molecule has 1 aliphatic carbocycles. The van der Waals surface area contributed by atoms with Gasteiger partial charge in [0.1, 0.15) is 35.6 Å². The lowest BCUT2D eigenvalue weighted by Crippen LogP contribution is -2.63. The number of carbonyl (C=O) groups is 4. The van der Waals surface area contributed by atoms with E-state index < -0.39 is 89.1 Å². The van der Waals surface area contributed by atoms with Crippen LogP contribution < -0.4 is 0 Å². The Labute approximate surface area is 259 Å². The normalized spacial score (nSPS) is 39.7. The lowest BCUT2D eigenvalue weighted by molar-refractivity contribution is -0.216. The molecule has 248 valence electrons. The summed E-state index contributed by atoms with van der Waals surface area (Å²) in [6.45, 7) is 16.0. The molecule has 2 aliphatic heterocycles. The van der Waals surface area contributed by atoms with Gasteiger partial charge in [-0.3, -0.25) is 9.59 Å². The molecule has 1 saturated carbocycles. The van der Waals surface area contributed by atoms with Gasteiger partial charge in [-0.2, -0.15) is 0 Å². The maximum absolute atomic E-state index is 13.3. The zero-order chi connectivity index (χ0) is 33.4. The summed E-state index contributed by atoms with van der Waals surface area (Å²) in [5, 5.41) is 23.7. The van der Waals surface area contributed by atoms with E-state index >= 15 is 0 Å². The minimum absolute atomic E-state index is 0.178. The predicted molar refractivity (Wildman–Crippen MR) is 156 cm³/mol. The molecule has 0 amide bonds. The quantitative estimate of drug-likeness (QED) is 0.167. The van der Waals surface area contributed by atoms with E-state index in [1.165, 1.54) is 19.9 Å². The second-order valence-electron chi connectivity index (χ2n) is 12.8. The van der Waals surface area contributed by atoms with Crippen molar-refractivity contribution < 1.29 is 57.8 Å². The van der Waals surface area contributed by atoms with Crippen molar-refractivity contribution in [2.75, 3.05) is 6.61 Å². The van der Waals surface area contributed by atoms with Crippen LogP contribution in [0.3, 0.4) is 0 Å². The summed E-state index contributed by atoms with van der Waals surface area (Å²) in [6.07, 6.45) is -4.99. The van der Waals surface area contributed by atoms with Gasteiger partial charge in [-0.05, 0) is 61.3 Å². The Morgan fingerprint density at radius 3 is 1.91 bits per heavy atom. The molecule has 3 fully saturated rings. The average Bonchev–Trinajstić information content (AvgIpc) is 3.89. The number of allylic oxidation sites excluding steroid dienone is 2. The number of hydrogen-bond acceptors (Lipinski definition) is 12. The molecule has 2 heterocycles. The third kappa shape index (κ3) is 7.19. The van der Waals surface area contributed by atoms with E-state index in [2.05, 4.69) is 0 Å². The molecule has 2 N–H and O–H groups in total. The second-order valence-corrected chi connectivity index (χ2v) is 12.8. The number of esters is 4. The van der Waals surface area contributed by atoms with Gasteiger partial charge in [0.2, 0.25) is 0 Å². The van der Waals surface area contributed by atoms with Crippen LogP contribution in [0.1, 0.15) is 82.1 Å². The van der Waals surface area contributed by atoms with Gasteiger partial charge in [-0.15, -0.1) is 0 Å². The molecule has 0 spiro atoms. The van der Waals surface area contributed by atoms with Gasteiger partial charge in [0.25, 0.3) is 0 Å². The van der Waals surface area contributed by atoms with Crippen molar-refractivity contribution in [1.29, 1.82) is 0 Å². The van der Waals surface area contributed by atoms with E-state index in [4.69, 9.17) is 28.4 Å². The first-order valence-corrected chi connectivity index (χ1v) is 15.2. The largest absolute Gasteiger partial charge is 0.459 e. The highest BCUT2D eigenvalue weighted by Gasteiger charge is 2.71. The van der Waals surface area contributed by atoms with Crippen LogP contribution in [0.2, 0.25) is 0 Å². The van der Waals surface area contributed by atoms with Crippen LogP contribution >= 0.6 is 0 Å². The van der Waals surface area contributed by atoms with E-state index in [9.17, 15) is 29.4 Å². The highest BCUT2D eigenvalue weighted by molar-refractivity contribution is 5.88. The highest BCUT2D eigenvalue weighted by atomic mass is 16.7. The van der Waals surface area contributed by atoms with E-state index in [1.807, 2.05) is 6.92 Å². The lowest BCUT2D eigenvalue weighted by atomic mass is 9.72. The summed E-state index contributed by atoms with van der Waals surface area (Å²) >= 11 is 0. The van der Waals surface area contributed by atoms with Crippen molar-refractivity contribution in [3.63, 3.8) is 0 Å². The third-order valence-corrected chi connectivity index (χ3v) is 9.40. The minimum Gasteiger partial charge on any atom is -0.459 e. The minimum atomic E-state index is -2.17. The Hall–Kier alpha value is -2.80. The van der Waals surface area contributed by atoms with Gasteiger partial charge >= 0.3 is 23.9 Å².